The minimum absolute atomic E-state index is 0.0358. The molecule has 1 aromatic heterocycles. The smallest absolute Gasteiger partial charge is 0.251 e. The van der Waals surface area contributed by atoms with Gasteiger partial charge in [0.25, 0.3) is 5.91 Å². The molecule has 1 atom stereocenters. The van der Waals surface area contributed by atoms with Gasteiger partial charge in [-0.2, -0.15) is 0 Å². The Balaban J connectivity index is 1.62. The van der Waals surface area contributed by atoms with E-state index < -0.39 is 0 Å². The fourth-order valence-electron chi connectivity index (χ4n) is 3.38. The summed E-state index contributed by atoms with van der Waals surface area (Å²) in [6.07, 6.45) is 4.46. The number of carbonyl (C=O) groups is 1. The van der Waals surface area contributed by atoms with Crippen LogP contribution < -0.4 is 15.5 Å². The number of rotatable bonds is 7. The molecular weight excluding hydrogens is 390 g/mol. The summed E-state index contributed by atoms with van der Waals surface area (Å²) in [6, 6.07) is 9.70. The summed E-state index contributed by atoms with van der Waals surface area (Å²) in [5, 5.41) is 6.41. The van der Waals surface area contributed by atoms with E-state index in [9.17, 15) is 4.79 Å². The summed E-state index contributed by atoms with van der Waals surface area (Å²) in [6.45, 7) is 10.9. The van der Waals surface area contributed by atoms with Crippen molar-refractivity contribution in [1.82, 2.24) is 25.5 Å². The molecule has 1 aliphatic rings. The Hall–Kier alpha value is -3.16. The minimum atomic E-state index is -0.0358. The number of amides is 1. The highest BCUT2D eigenvalue weighted by molar-refractivity contribution is 5.94. The van der Waals surface area contributed by atoms with E-state index in [0.717, 1.165) is 56.6 Å². The van der Waals surface area contributed by atoms with Crippen LogP contribution in [0.2, 0.25) is 0 Å². The molecule has 0 aliphatic carbocycles. The molecule has 1 saturated heterocycles. The number of aromatic nitrogens is 2. The Bertz CT molecular complexity index is 863. The summed E-state index contributed by atoms with van der Waals surface area (Å²) in [4.78, 5) is 30.4. The molecule has 1 amide bonds. The van der Waals surface area contributed by atoms with Gasteiger partial charge in [0.05, 0.1) is 6.54 Å². The first-order valence-electron chi connectivity index (χ1n) is 11.1. The highest BCUT2D eigenvalue weighted by Gasteiger charge is 2.21. The first-order valence-corrected chi connectivity index (χ1v) is 11.1. The molecule has 1 fully saturated rings. The number of aliphatic imine (C=N–C) groups is 1. The van der Waals surface area contributed by atoms with Crippen molar-refractivity contribution in [2.45, 2.75) is 39.8 Å². The average molecular weight is 424 g/mol. The predicted molar refractivity (Wildman–Crippen MR) is 124 cm³/mol. The van der Waals surface area contributed by atoms with Crippen LogP contribution in [0.5, 0.6) is 0 Å². The fraction of sp³-hybridized carbons (Fsp3) is 0.478. The molecule has 0 spiro atoms. The SMILES string of the molecule is CCNC(=NCc1cccc(C(=O)NC(C)CC)c1)N1CCN(c2ncccn2)CC1. The maximum atomic E-state index is 12.4. The Morgan fingerprint density at radius 3 is 2.55 bits per heavy atom. The average Bonchev–Trinajstić information content (AvgIpc) is 2.82. The van der Waals surface area contributed by atoms with E-state index in [4.69, 9.17) is 4.99 Å². The molecule has 1 unspecified atom stereocenters. The standard InChI is InChI=1S/C23H33N7O/c1-4-18(3)28-21(31)20-9-6-8-19(16-20)17-27-22(24-5-2)29-12-14-30(15-13-29)23-25-10-7-11-26-23/h6-11,16,18H,4-5,12-15,17H2,1-3H3,(H,24,27)(H,28,31). The van der Waals surface area contributed by atoms with Crippen molar-refractivity contribution in [3.05, 3.63) is 53.9 Å². The van der Waals surface area contributed by atoms with E-state index in [1.165, 1.54) is 0 Å². The maximum absolute atomic E-state index is 12.4. The zero-order valence-corrected chi connectivity index (χ0v) is 18.7. The van der Waals surface area contributed by atoms with Crippen LogP contribution in [0.25, 0.3) is 0 Å². The summed E-state index contributed by atoms with van der Waals surface area (Å²) in [5.41, 5.74) is 1.69. The van der Waals surface area contributed by atoms with Crippen LogP contribution in [0.15, 0.2) is 47.7 Å². The van der Waals surface area contributed by atoms with Crippen molar-refractivity contribution < 1.29 is 4.79 Å². The maximum Gasteiger partial charge on any atom is 0.251 e. The van der Waals surface area contributed by atoms with E-state index in [0.29, 0.717) is 12.1 Å². The number of piperazine rings is 1. The van der Waals surface area contributed by atoms with Crippen LogP contribution in [0, 0.1) is 0 Å². The molecule has 3 rings (SSSR count). The van der Waals surface area contributed by atoms with Gasteiger partial charge in [0, 0.05) is 56.7 Å². The molecule has 0 radical (unpaired) electrons. The third kappa shape index (κ3) is 6.41. The van der Waals surface area contributed by atoms with Gasteiger partial charge in [0.2, 0.25) is 5.95 Å². The highest BCUT2D eigenvalue weighted by Crippen LogP contribution is 2.11. The molecule has 8 nitrogen and oxygen atoms in total. The van der Waals surface area contributed by atoms with Crippen LogP contribution in [0.1, 0.15) is 43.1 Å². The third-order valence-electron chi connectivity index (χ3n) is 5.34. The third-order valence-corrected chi connectivity index (χ3v) is 5.34. The zero-order chi connectivity index (χ0) is 22.1. The first-order chi connectivity index (χ1) is 15.1. The monoisotopic (exact) mass is 423 g/mol. The van der Waals surface area contributed by atoms with Crippen molar-refractivity contribution in [2.24, 2.45) is 4.99 Å². The van der Waals surface area contributed by atoms with Gasteiger partial charge in [0.15, 0.2) is 5.96 Å². The molecule has 166 valence electrons. The quantitative estimate of drug-likeness (QED) is 0.525. The normalized spacial score (nSPS) is 15.5. The number of benzene rings is 1. The second kappa shape index (κ2) is 11.3. The minimum Gasteiger partial charge on any atom is -0.357 e. The Morgan fingerprint density at radius 2 is 1.87 bits per heavy atom. The van der Waals surface area contributed by atoms with Crippen molar-refractivity contribution in [3.63, 3.8) is 0 Å². The molecule has 2 heterocycles. The van der Waals surface area contributed by atoms with Crippen LogP contribution in [-0.4, -0.2) is 65.5 Å². The number of nitrogens with one attached hydrogen (secondary N) is 2. The van der Waals surface area contributed by atoms with Crippen LogP contribution in [0.3, 0.4) is 0 Å². The molecule has 8 heteroatoms. The van der Waals surface area contributed by atoms with Gasteiger partial charge >= 0.3 is 0 Å². The number of hydrogen-bond acceptors (Lipinski definition) is 5. The van der Waals surface area contributed by atoms with Gasteiger partial charge in [-0.25, -0.2) is 15.0 Å². The lowest BCUT2D eigenvalue weighted by Crippen LogP contribution is -2.52. The number of carbonyl (C=O) groups excluding carboxylic acids is 1. The lowest BCUT2D eigenvalue weighted by molar-refractivity contribution is 0.0939. The van der Waals surface area contributed by atoms with Crippen molar-refractivity contribution in [2.75, 3.05) is 37.6 Å². The fourth-order valence-corrected chi connectivity index (χ4v) is 3.38. The van der Waals surface area contributed by atoms with Gasteiger partial charge in [-0.15, -0.1) is 0 Å². The topological polar surface area (TPSA) is 85.8 Å². The van der Waals surface area contributed by atoms with E-state index in [-0.39, 0.29) is 11.9 Å². The van der Waals surface area contributed by atoms with Gasteiger partial charge < -0.3 is 20.4 Å². The largest absolute Gasteiger partial charge is 0.357 e. The molecule has 31 heavy (non-hydrogen) atoms. The summed E-state index contributed by atoms with van der Waals surface area (Å²) in [7, 11) is 0. The Labute approximate surface area is 184 Å². The van der Waals surface area contributed by atoms with E-state index in [1.54, 1.807) is 12.4 Å². The lowest BCUT2D eigenvalue weighted by Gasteiger charge is -2.36. The second-order valence-corrected chi connectivity index (χ2v) is 7.68. The number of guanidine groups is 1. The predicted octanol–water partition coefficient (Wildman–Crippen LogP) is 2.29. The van der Waals surface area contributed by atoms with Crippen LogP contribution >= 0.6 is 0 Å². The summed E-state index contributed by atoms with van der Waals surface area (Å²) < 4.78 is 0. The van der Waals surface area contributed by atoms with E-state index in [2.05, 4.69) is 44.2 Å². The van der Waals surface area contributed by atoms with Gasteiger partial charge in [-0.3, -0.25) is 4.79 Å². The Morgan fingerprint density at radius 1 is 1.13 bits per heavy atom. The number of anilines is 1. The molecule has 2 N–H and O–H groups in total. The zero-order valence-electron chi connectivity index (χ0n) is 18.7. The lowest BCUT2D eigenvalue weighted by atomic mass is 10.1. The van der Waals surface area contributed by atoms with Gasteiger partial charge in [-0.05, 0) is 44.0 Å². The Kier molecular flexibility index (Phi) is 8.20. The summed E-state index contributed by atoms with van der Waals surface area (Å²) in [5.74, 6) is 1.63. The molecular formula is C23H33N7O. The van der Waals surface area contributed by atoms with Crippen molar-refractivity contribution in [1.29, 1.82) is 0 Å². The van der Waals surface area contributed by atoms with Crippen molar-refractivity contribution >= 4 is 17.8 Å². The number of nitrogens with zero attached hydrogens (tertiary/aromatic N) is 5. The molecule has 2 aromatic rings. The van der Waals surface area contributed by atoms with Crippen molar-refractivity contribution in [3.8, 4) is 0 Å². The van der Waals surface area contributed by atoms with Crippen LogP contribution in [0.4, 0.5) is 5.95 Å². The van der Waals surface area contributed by atoms with E-state index in [1.807, 2.05) is 37.3 Å². The van der Waals surface area contributed by atoms with Gasteiger partial charge in [-0.1, -0.05) is 19.1 Å². The van der Waals surface area contributed by atoms with Crippen LogP contribution in [-0.2, 0) is 6.54 Å². The highest BCUT2D eigenvalue weighted by atomic mass is 16.1. The second-order valence-electron chi connectivity index (χ2n) is 7.68. The molecule has 0 bridgehead atoms. The first kappa shape index (κ1) is 22.5. The number of hydrogen-bond donors (Lipinski definition) is 2. The summed E-state index contributed by atoms with van der Waals surface area (Å²) >= 11 is 0. The molecule has 0 saturated carbocycles. The van der Waals surface area contributed by atoms with E-state index >= 15 is 0 Å². The molecule has 1 aromatic carbocycles. The van der Waals surface area contributed by atoms with Gasteiger partial charge in [0.1, 0.15) is 0 Å². The molecule has 1 aliphatic heterocycles.